The highest BCUT2D eigenvalue weighted by atomic mass is 79.9. The molecule has 150 valence electrons. The van der Waals surface area contributed by atoms with Crippen molar-refractivity contribution in [2.75, 3.05) is 20.8 Å². The van der Waals surface area contributed by atoms with E-state index in [0.717, 1.165) is 21.2 Å². The lowest BCUT2D eigenvalue weighted by Gasteiger charge is -2.15. The SMILES string of the molecule is COc1ccc(/C=N/NC(=O)COc2cc(C)c(Br)cc2C(C)C)c(OC)c1. The molecule has 0 heterocycles. The minimum atomic E-state index is -0.348. The fourth-order valence-electron chi connectivity index (χ4n) is 2.52. The van der Waals surface area contributed by atoms with Gasteiger partial charge in [0.1, 0.15) is 17.2 Å². The molecule has 0 aliphatic rings. The maximum absolute atomic E-state index is 12.1. The molecule has 0 aliphatic heterocycles. The minimum Gasteiger partial charge on any atom is -0.497 e. The van der Waals surface area contributed by atoms with Crippen LogP contribution in [0.15, 0.2) is 39.9 Å². The molecule has 0 spiro atoms. The van der Waals surface area contributed by atoms with Crippen molar-refractivity contribution in [3.63, 3.8) is 0 Å². The van der Waals surface area contributed by atoms with E-state index >= 15 is 0 Å². The van der Waals surface area contributed by atoms with Crippen LogP contribution in [0.4, 0.5) is 0 Å². The van der Waals surface area contributed by atoms with Crippen LogP contribution in [0.2, 0.25) is 0 Å². The molecule has 0 radical (unpaired) electrons. The van der Waals surface area contributed by atoms with E-state index in [9.17, 15) is 4.79 Å². The van der Waals surface area contributed by atoms with Crippen LogP contribution in [0.1, 0.15) is 36.5 Å². The second-order valence-electron chi connectivity index (χ2n) is 6.48. The largest absolute Gasteiger partial charge is 0.497 e. The smallest absolute Gasteiger partial charge is 0.277 e. The lowest BCUT2D eigenvalue weighted by molar-refractivity contribution is -0.123. The van der Waals surface area contributed by atoms with Crippen molar-refractivity contribution >= 4 is 28.1 Å². The molecule has 0 bridgehead atoms. The summed E-state index contributed by atoms with van der Waals surface area (Å²) < 4.78 is 17.2. The number of benzene rings is 2. The van der Waals surface area contributed by atoms with Crippen molar-refractivity contribution < 1.29 is 19.0 Å². The van der Waals surface area contributed by atoms with E-state index in [1.807, 2.05) is 19.1 Å². The third kappa shape index (κ3) is 5.73. The van der Waals surface area contributed by atoms with Crippen LogP contribution < -0.4 is 19.6 Å². The van der Waals surface area contributed by atoms with Gasteiger partial charge in [-0.05, 0) is 48.2 Å². The van der Waals surface area contributed by atoms with Crippen LogP contribution in [0.3, 0.4) is 0 Å². The molecule has 1 amide bonds. The Kier molecular flexibility index (Phi) is 7.87. The summed E-state index contributed by atoms with van der Waals surface area (Å²) in [4.78, 5) is 12.1. The quantitative estimate of drug-likeness (QED) is 0.478. The number of hydrogen-bond acceptors (Lipinski definition) is 5. The van der Waals surface area contributed by atoms with E-state index in [-0.39, 0.29) is 18.4 Å². The standard InChI is InChI=1S/C21H25BrN2O4/c1-13(2)17-10-18(22)14(3)8-20(17)28-12-21(25)24-23-11-15-6-7-16(26-4)9-19(15)27-5/h6-11,13H,12H2,1-5H3,(H,24,25)/b23-11+. The molecule has 0 fully saturated rings. The van der Waals surface area contributed by atoms with Crippen molar-refractivity contribution in [3.05, 3.63) is 51.5 Å². The zero-order valence-electron chi connectivity index (χ0n) is 16.7. The number of ether oxygens (including phenoxy) is 3. The third-order valence-corrected chi connectivity index (χ3v) is 4.96. The Bertz CT molecular complexity index is 866. The van der Waals surface area contributed by atoms with Gasteiger partial charge in [0, 0.05) is 16.1 Å². The molecule has 0 aliphatic carbocycles. The minimum absolute atomic E-state index is 0.127. The summed E-state index contributed by atoms with van der Waals surface area (Å²) in [6.07, 6.45) is 1.51. The third-order valence-electron chi connectivity index (χ3n) is 4.11. The predicted octanol–water partition coefficient (Wildman–Crippen LogP) is 4.43. The van der Waals surface area contributed by atoms with Gasteiger partial charge in [0.25, 0.3) is 5.91 Å². The molecule has 2 aromatic carbocycles. The summed E-state index contributed by atoms with van der Waals surface area (Å²) in [5, 5.41) is 3.97. The summed E-state index contributed by atoms with van der Waals surface area (Å²) in [6, 6.07) is 9.29. The van der Waals surface area contributed by atoms with Crippen LogP contribution in [0, 0.1) is 6.92 Å². The number of amides is 1. The zero-order valence-corrected chi connectivity index (χ0v) is 18.3. The number of nitrogens with zero attached hydrogens (tertiary/aromatic N) is 1. The van der Waals surface area contributed by atoms with Crippen molar-refractivity contribution in [1.29, 1.82) is 0 Å². The number of nitrogens with one attached hydrogen (secondary N) is 1. The molecule has 0 saturated heterocycles. The first kappa shape index (κ1) is 21.8. The van der Waals surface area contributed by atoms with Gasteiger partial charge in [-0.1, -0.05) is 29.8 Å². The van der Waals surface area contributed by atoms with E-state index in [1.54, 1.807) is 32.4 Å². The lowest BCUT2D eigenvalue weighted by atomic mass is 10.0. The molecule has 0 saturated carbocycles. The molecule has 0 atom stereocenters. The van der Waals surface area contributed by atoms with E-state index < -0.39 is 0 Å². The second-order valence-corrected chi connectivity index (χ2v) is 7.34. The van der Waals surface area contributed by atoms with Crippen molar-refractivity contribution in [1.82, 2.24) is 5.43 Å². The number of carbonyl (C=O) groups is 1. The first-order valence-electron chi connectivity index (χ1n) is 8.82. The molecule has 2 aromatic rings. The van der Waals surface area contributed by atoms with Gasteiger partial charge in [0.05, 0.1) is 20.4 Å². The number of methoxy groups -OCH3 is 2. The second kappa shape index (κ2) is 10.1. The van der Waals surface area contributed by atoms with Gasteiger partial charge >= 0.3 is 0 Å². The molecule has 0 aromatic heterocycles. The van der Waals surface area contributed by atoms with Gasteiger partial charge in [-0.15, -0.1) is 0 Å². The normalized spacial score (nSPS) is 11.0. The van der Waals surface area contributed by atoms with Crippen LogP contribution in [0.5, 0.6) is 17.2 Å². The summed E-state index contributed by atoms with van der Waals surface area (Å²) >= 11 is 3.53. The number of hydrogen-bond donors (Lipinski definition) is 1. The first-order valence-corrected chi connectivity index (χ1v) is 9.61. The van der Waals surface area contributed by atoms with E-state index in [0.29, 0.717) is 17.2 Å². The Labute approximate surface area is 174 Å². The van der Waals surface area contributed by atoms with E-state index in [4.69, 9.17) is 14.2 Å². The molecule has 2 rings (SSSR count). The number of hydrazone groups is 1. The summed E-state index contributed by atoms with van der Waals surface area (Å²) in [5.74, 6) is 1.90. The summed E-state index contributed by atoms with van der Waals surface area (Å²) in [7, 11) is 3.14. The van der Waals surface area contributed by atoms with Gasteiger partial charge in [-0.2, -0.15) is 5.10 Å². The van der Waals surface area contributed by atoms with Gasteiger partial charge in [-0.25, -0.2) is 5.43 Å². The van der Waals surface area contributed by atoms with Crippen LogP contribution in [-0.2, 0) is 4.79 Å². The van der Waals surface area contributed by atoms with E-state index in [1.165, 1.54) is 6.21 Å². The molecule has 1 N–H and O–H groups in total. The first-order chi connectivity index (χ1) is 13.3. The number of halogens is 1. The molecule has 0 unspecified atom stereocenters. The summed E-state index contributed by atoms with van der Waals surface area (Å²) in [6.45, 7) is 6.01. The maximum Gasteiger partial charge on any atom is 0.277 e. The average Bonchev–Trinajstić information content (AvgIpc) is 2.68. The highest BCUT2D eigenvalue weighted by Crippen LogP contribution is 2.32. The zero-order chi connectivity index (χ0) is 20.7. The Morgan fingerprint density at radius 3 is 2.57 bits per heavy atom. The average molecular weight is 449 g/mol. The fraction of sp³-hybridized carbons (Fsp3) is 0.333. The van der Waals surface area contributed by atoms with Crippen LogP contribution in [0.25, 0.3) is 0 Å². The van der Waals surface area contributed by atoms with Crippen LogP contribution >= 0.6 is 15.9 Å². The molecule has 7 heteroatoms. The predicted molar refractivity (Wildman–Crippen MR) is 114 cm³/mol. The maximum atomic E-state index is 12.1. The molecular weight excluding hydrogens is 424 g/mol. The molecule has 28 heavy (non-hydrogen) atoms. The van der Waals surface area contributed by atoms with Gasteiger partial charge in [-0.3, -0.25) is 4.79 Å². The van der Waals surface area contributed by atoms with Crippen LogP contribution in [-0.4, -0.2) is 32.9 Å². The fourth-order valence-corrected chi connectivity index (χ4v) is 2.88. The monoisotopic (exact) mass is 448 g/mol. The highest BCUT2D eigenvalue weighted by molar-refractivity contribution is 9.10. The van der Waals surface area contributed by atoms with Gasteiger partial charge in [0.2, 0.25) is 0 Å². The van der Waals surface area contributed by atoms with Gasteiger partial charge < -0.3 is 14.2 Å². The Hall–Kier alpha value is -2.54. The Morgan fingerprint density at radius 2 is 1.93 bits per heavy atom. The van der Waals surface area contributed by atoms with E-state index in [2.05, 4.69) is 40.3 Å². The number of rotatable bonds is 8. The lowest BCUT2D eigenvalue weighted by Crippen LogP contribution is -2.25. The number of carbonyl (C=O) groups excluding carboxylic acids is 1. The Morgan fingerprint density at radius 1 is 1.18 bits per heavy atom. The van der Waals surface area contributed by atoms with Gasteiger partial charge in [0.15, 0.2) is 6.61 Å². The molecular formula is C21H25BrN2O4. The number of aryl methyl sites for hydroxylation is 1. The van der Waals surface area contributed by atoms with Crippen molar-refractivity contribution in [2.24, 2.45) is 5.10 Å². The van der Waals surface area contributed by atoms with Crippen molar-refractivity contribution in [2.45, 2.75) is 26.7 Å². The van der Waals surface area contributed by atoms with Crippen molar-refractivity contribution in [3.8, 4) is 17.2 Å². The summed E-state index contributed by atoms with van der Waals surface area (Å²) in [5.41, 5.74) is 5.27. The topological polar surface area (TPSA) is 69.2 Å². The Balaban J connectivity index is 1.99. The molecule has 6 nitrogen and oxygen atoms in total. The highest BCUT2D eigenvalue weighted by Gasteiger charge is 2.12.